The van der Waals surface area contributed by atoms with Crippen molar-refractivity contribution in [1.29, 1.82) is 0 Å². The minimum atomic E-state index is -2.15. The molecule has 1 amide bonds. The van der Waals surface area contributed by atoms with Gasteiger partial charge in [0.25, 0.3) is 5.91 Å². The molecular weight excluding hydrogens is 478 g/mol. The van der Waals surface area contributed by atoms with Crippen molar-refractivity contribution in [3.63, 3.8) is 0 Å². The van der Waals surface area contributed by atoms with Crippen LogP contribution in [0.4, 0.5) is 0 Å². The molecule has 4 atom stereocenters. The first-order chi connectivity index (χ1) is 16.7. The van der Waals surface area contributed by atoms with Crippen molar-refractivity contribution in [3.05, 3.63) is 23.3 Å². The Kier molecular flexibility index (Phi) is 6.33. The number of esters is 2. The van der Waals surface area contributed by atoms with Crippen LogP contribution in [0.1, 0.15) is 42.1 Å². The summed E-state index contributed by atoms with van der Waals surface area (Å²) in [4.78, 5) is 67.9. The fourth-order valence-electron chi connectivity index (χ4n) is 6.05. The van der Waals surface area contributed by atoms with Gasteiger partial charge in [0.15, 0.2) is 16.9 Å². The minimum absolute atomic E-state index is 0.00140. The summed E-state index contributed by atoms with van der Waals surface area (Å²) in [6, 6.07) is 2.22. The number of benzene rings is 1. The van der Waals surface area contributed by atoms with Crippen molar-refractivity contribution in [2.75, 3.05) is 34.7 Å². The molecule has 1 saturated heterocycles. The molecule has 3 aliphatic rings. The number of amides is 1. The number of methoxy groups -OCH3 is 4. The summed E-state index contributed by atoms with van der Waals surface area (Å²) in [5.41, 5.74) is -2.67. The average molecular weight is 506 g/mol. The van der Waals surface area contributed by atoms with Crippen LogP contribution in [-0.2, 0) is 39.0 Å². The first-order valence-electron chi connectivity index (χ1n) is 11.0. The summed E-state index contributed by atoms with van der Waals surface area (Å²) in [5.74, 6) is -3.38. The zero-order chi connectivity index (χ0) is 25.7. The number of nitrogens with zero attached hydrogens (tertiary/aromatic N) is 1. The highest BCUT2D eigenvalue weighted by atomic mass is 32.2. The van der Waals surface area contributed by atoms with Gasteiger partial charge in [0.2, 0.25) is 5.78 Å². The standard InChI is InChI=1S/C24H27NO9S/c1-31-16-8-13-14(9-17(16)32-2)24-7-6-12(26)11-23(24,22(30)34-4)19(27)20(28)25(24)15(21(29)33-3)10-18(13)35-5/h8-9,15,18H,6-7,10-11H2,1-5H3/t15-,18?,23+,24-/m0/s1. The molecular formula is C24H27NO9S. The van der Waals surface area contributed by atoms with E-state index in [1.807, 2.05) is 6.26 Å². The lowest BCUT2D eigenvalue weighted by Gasteiger charge is -2.50. The average Bonchev–Trinajstić information content (AvgIpc) is 2.99. The monoisotopic (exact) mass is 505 g/mol. The van der Waals surface area contributed by atoms with Crippen LogP contribution in [0.2, 0.25) is 0 Å². The van der Waals surface area contributed by atoms with Crippen LogP contribution < -0.4 is 9.47 Å². The molecule has 35 heavy (non-hydrogen) atoms. The van der Waals surface area contributed by atoms with Crippen LogP contribution in [-0.4, -0.2) is 75.0 Å². The van der Waals surface area contributed by atoms with Gasteiger partial charge in [-0.25, -0.2) is 4.79 Å². The molecule has 0 bridgehead atoms. The van der Waals surface area contributed by atoms with Crippen LogP contribution in [0.15, 0.2) is 12.1 Å². The van der Waals surface area contributed by atoms with Crippen molar-refractivity contribution in [2.24, 2.45) is 5.41 Å². The van der Waals surface area contributed by atoms with Crippen LogP contribution >= 0.6 is 11.8 Å². The molecule has 1 aromatic carbocycles. The number of Topliss-reactive ketones (excluding diaryl/α,β-unsaturated/α-hetero) is 2. The van der Waals surface area contributed by atoms with Crippen LogP contribution in [0, 0.1) is 5.41 Å². The normalized spacial score (nSPS) is 29.5. The lowest BCUT2D eigenvalue weighted by atomic mass is 9.57. The molecule has 2 heterocycles. The molecule has 2 aliphatic heterocycles. The maximum Gasteiger partial charge on any atom is 0.328 e. The van der Waals surface area contributed by atoms with Crippen LogP contribution in [0.25, 0.3) is 0 Å². The summed E-state index contributed by atoms with van der Waals surface area (Å²) >= 11 is 1.45. The molecule has 4 rings (SSSR count). The molecule has 1 aliphatic carbocycles. The highest BCUT2D eigenvalue weighted by molar-refractivity contribution is 7.98. The summed E-state index contributed by atoms with van der Waals surface area (Å²) < 4.78 is 21.2. The van der Waals surface area contributed by atoms with E-state index in [9.17, 15) is 24.0 Å². The number of carbonyl (C=O) groups excluding carboxylic acids is 5. The van der Waals surface area contributed by atoms with Gasteiger partial charge < -0.3 is 23.8 Å². The first kappa shape index (κ1) is 25.0. The van der Waals surface area contributed by atoms with Gasteiger partial charge in [-0.05, 0) is 42.4 Å². The van der Waals surface area contributed by atoms with Gasteiger partial charge in [-0.1, -0.05) is 0 Å². The molecule has 10 nitrogen and oxygen atoms in total. The van der Waals surface area contributed by atoms with E-state index >= 15 is 0 Å². The molecule has 0 N–H and O–H groups in total. The molecule has 1 unspecified atom stereocenters. The predicted molar refractivity (Wildman–Crippen MR) is 123 cm³/mol. The van der Waals surface area contributed by atoms with E-state index in [1.165, 1.54) is 38.0 Å². The molecule has 0 radical (unpaired) electrons. The molecule has 188 valence electrons. The van der Waals surface area contributed by atoms with Crippen molar-refractivity contribution in [2.45, 2.75) is 42.5 Å². The maximum absolute atomic E-state index is 13.7. The number of rotatable bonds is 5. The van der Waals surface area contributed by atoms with Crippen LogP contribution in [0.5, 0.6) is 11.5 Å². The Balaban J connectivity index is 2.19. The highest BCUT2D eigenvalue weighted by Gasteiger charge is 2.77. The second kappa shape index (κ2) is 8.85. The van der Waals surface area contributed by atoms with E-state index in [1.54, 1.807) is 12.1 Å². The Labute approximate surface area is 206 Å². The number of fused-ring (bicyclic) bond motifs is 1. The third-order valence-electron chi connectivity index (χ3n) is 7.53. The van der Waals surface area contributed by atoms with E-state index in [0.29, 0.717) is 22.6 Å². The smallest absolute Gasteiger partial charge is 0.328 e. The van der Waals surface area contributed by atoms with Crippen molar-refractivity contribution >= 4 is 41.2 Å². The second-order valence-electron chi connectivity index (χ2n) is 8.77. The fourth-order valence-corrected chi connectivity index (χ4v) is 6.87. The minimum Gasteiger partial charge on any atom is -0.493 e. The largest absolute Gasteiger partial charge is 0.493 e. The number of ketones is 2. The fraction of sp³-hybridized carbons (Fsp3) is 0.542. The van der Waals surface area contributed by atoms with Gasteiger partial charge in [-0.2, -0.15) is 11.8 Å². The Bertz CT molecular complexity index is 1130. The van der Waals surface area contributed by atoms with E-state index in [-0.39, 0.29) is 30.3 Å². The van der Waals surface area contributed by atoms with Gasteiger partial charge in [0, 0.05) is 18.1 Å². The van der Waals surface area contributed by atoms with Gasteiger partial charge >= 0.3 is 11.9 Å². The van der Waals surface area contributed by atoms with Gasteiger partial charge in [-0.15, -0.1) is 0 Å². The van der Waals surface area contributed by atoms with Gasteiger partial charge in [0.1, 0.15) is 11.8 Å². The van der Waals surface area contributed by atoms with E-state index in [0.717, 1.165) is 7.11 Å². The van der Waals surface area contributed by atoms with E-state index in [4.69, 9.17) is 18.9 Å². The number of carbonyl (C=O) groups is 5. The lowest BCUT2D eigenvalue weighted by molar-refractivity contribution is -0.173. The van der Waals surface area contributed by atoms with Crippen LogP contribution in [0.3, 0.4) is 0 Å². The Morgan fingerprint density at radius 1 is 1.03 bits per heavy atom. The Morgan fingerprint density at radius 2 is 1.69 bits per heavy atom. The van der Waals surface area contributed by atoms with E-state index in [2.05, 4.69) is 0 Å². The molecule has 11 heteroatoms. The maximum atomic E-state index is 13.7. The molecule has 1 aromatic rings. The van der Waals surface area contributed by atoms with Gasteiger partial charge in [-0.3, -0.25) is 19.2 Å². The Hall–Kier alpha value is -3.08. The third-order valence-corrected chi connectivity index (χ3v) is 8.55. The zero-order valence-corrected chi connectivity index (χ0v) is 21.0. The zero-order valence-electron chi connectivity index (χ0n) is 20.2. The molecule has 1 saturated carbocycles. The van der Waals surface area contributed by atoms with Crippen molar-refractivity contribution in [1.82, 2.24) is 4.90 Å². The number of ether oxygens (including phenoxy) is 4. The third kappa shape index (κ3) is 3.13. The Morgan fingerprint density at radius 3 is 2.26 bits per heavy atom. The molecule has 1 spiro atoms. The van der Waals surface area contributed by atoms with Gasteiger partial charge in [0.05, 0.1) is 34.0 Å². The quantitative estimate of drug-likeness (QED) is 0.331. The number of hydrogen-bond acceptors (Lipinski definition) is 10. The summed E-state index contributed by atoms with van der Waals surface area (Å²) in [7, 11) is 5.24. The topological polar surface area (TPSA) is 126 Å². The summed E-state index contributed by atoms with van der Waals surface area (Å²) in [6.45, 7) is 0. The lowest BCUT2D eigenvalue weighted by Crippen LogP contribution is -2.62. The molecule has 2 fully saturated rings. The summed E-state index contributed by atoms with van der Waals surface area (Å²) in [5, 5.41) is -0.329. The van der Waals surface area contributed by atoms with Crippen molar-refractivity contribution in [3.8, 4) is 11.5 Å². The molecule has 0 aromatic heterocycles. The first-order valence-corrected chi connectivity index (χ1v) is 12.3. The number of hydrogen-bond donors (Lipinski definition) is 0. The predicted octanol–water partition coefficient (Wildman–Crippen LogP) is 1.57. The number of thioether (sulfide) groups is 1. The second-order valence-corrected chi connectivity index (χ2v) is 9.81. The van der Waals surface area contributed by atoms with Crippen molar-refractivity contribution < 1.29 is 42.9 Å². The highest BCUT2D eigenvalue weighted by Crippen LogP contribution is 2.64. The summed E-state index contributed by atoms with van der Waals surface area (Å²) in [6.07, 6.45) is 1.43. The van der Waals surface area contributed by atoms with E-state index < -0.39 is 47.0 Å². The SMILES string of the molecule is COC(=O)[C@@H]1CC(SC)c2cc(OC)c(OC)cc2[C@@]23CCC(=O)C[C@]2(C(=O)OC)C(=O)C(=O)N13.